The number of carbonyl (C=O) groups is 4. The quantitative estimate of drug-likeness (QED) is 0.629. The van der Waals surface area contributed by atoms with Gasteiger partial charge in [0.1, 0.15) is 0 Å². The Morgan fingerprint density at radius 3 is 2.41 bits per heavy atom. The van der Waals surface area contributed by atoms with Crippen molar-refractivity contribution >= 4 is 29.6 Å². The van der Waals surface area contributed by atoms with Gasteiger partial charge in [-0.2, -0.15) is 0 Å². The van der Waals surface area contributed by atoms with Crippen molar-refractivity contribution in [3.05, 3.63) is 54.0 Å². The summed E-state index contributed by atoms with van der Waals surface area (Å²) in [6.07, 6.45) is 2.25. The largest absolute Gasteiger partial charge is 0.459 e. The number of esters is 1. The molecule has 10 heteroatoms. The van der Waals surface area contributed by atoms with Crippen LogP contribution in [0.4, 0.5) is 10.5 Å². The lowest BCUT2D eigenvalue weighted by atomic mass is 10.1. The first-order chi connectivity index (χ1) is 15.5. The molecular formula is C22H25N3O7. The number of benzene rings is 1. The maximum absolute atomic E-state index is 12.2. The van der Waals surface area contributed by atoms with E-state index >= 15 is 0 Å². The van der Waals surface area contributed by atoms with Gasteiger partial charge in [-0.1, -0.05) is 0 Å². The Bertz CT molecular complexity index is 933. The fraction of sp³-hybridized carbons (Fsp3) is 0.364. The molecular weight excluding hydrogens is 418 g/mol. The molecule has 32 heavy (non-hydrogen) atoms. The monoisotopic (exact) mass is 443 g/mol. The van der Waals surface area contributed by atoms with Crippen LogP contribution in [-0.2, 0) is 14.3 Å². The molecule has 1 aromatic carbocycles. The van der Waals surface area contributed by atoms with Gasteiger partial charge in [-0.25, -0.2) is 9.59 Å². The molecule has 3 rings (SSSR count). The number of hydrogen-bond donors (Lipinski definition) is 2. The SMILES string of the molecule is CCOC(=O)N1CCC(NC(=O)COC(=O)c2ccc(NC(=O)c3ccco3)cc2)CC1. The lowest BCUT2D eigenvalue weighted by molar-refractivity contribution is -0.125. The first-order valence-electron chi connectivity index (χ1n) is 10.3. The number of furan rings is 1. The van der Waals surface area contributed by atoms with E-state index in [2.05, 4.69) is 10.6 Å². The number of rotatable bonds is 7. The van der Waals surface area contributed by atoms with Gasteiger partial charge in [-0.15, -0.1) is 0 Å². The highest BCUT2D eigenvalue weighted by Gasteiger charge is 2.24. The molecule has 0 radical (unpaired) electrons. The average Bonchev–Trinajstić information content (AvgIpc) is 3.34. The van der Waals surface area contributed by atoms with Crippen LogP contribution in [0.3, 0.4) is 0 Å². The molecule has 3 amide bonds. The number of ether oxygens (including phenoxy) is 2. The molecule has 2 aromatic rings. The summed E-state index contributed by atoms with van der Waals surface area (Å²) in [5.74, 6) is -1.29. The maximum Gasteiger partial charge on any atom is 0.409 e. The van der Waals surface area contributed by atoms with Crippen LogP contribution in [-0.4, -0.2) is 61.1 Å². The van der Waals surface area contributed by atoms with E-state index in [0.29, 0.717) is 38.2 Å². The van der Waals surface area contributed by atoms with E-state index in [4.69, 9.17) is 13.9 Å². The predicted octanol–water partition coefficient (Wildman–Crippen LogP) is 2.43. The minimum absolute atomic E-state index is 0.0936. The highest BCUT2D eigenvalue weighted by Crippen LogP contribution is 2.13. The molecule has 2 heterocycles. The third kappa shape index (κ3) is 6.34. The molecule has 1 saturated heterocycles. The highest BCUT2D eigenvalue weighted by atomic mass is 16.6. The predicted molar refractivity (Wildman–Crippen MR) is 113 cm³/mol. The van der Waals surface area contributed by atoms with Crippen molar-refractivity contribution in [2.24, 2.45) is 0 Å². The van der Waals surface area contributed by atoms with Crippen molar-refractivity contribution in [2.45, 2.75) is 25.8 Å². The number of piperidine rings is 1. The second kappa shape index (κ2) is 11.0. The lowest BCUT2D eigenvalue weighted by Gasteiger charge is -2.31. The maximum atomic E-state index is 12.2. The average molecular weight is 443 g/mol. The minimum atomic E-state index is -0.652. The summed E-state index contributed by atoms with van der Waals surface area (Å²) < 4.78 is 15.0. The number of anilines is 1. The number of carbonyl (C=O) groups excluding carboxylic acids is 4. The van der Waals surface area contributed by atoms with Crippen molar-refractivity contribution in [3.8, 4) is 0 Å². The molecule has 0 unspecified atom stereocenters. The number of amides is 3. The van der Waals surface area contributed by atoms with Crippen LogP contribution in [0.2, 0.25) is 0 Å². The van der Waals surface area contributed by atoms with Crippen LogP contribution >= 0.6 is 0 Å². The Morgan fingerprint density at radius 1 is 1.06 bits per heavy atom. The number of hydrogen-bond acceptors (Lipinski definition) is 7. The van der Waals surface area contributed by atoms with Crippen molar-refractivity contribution in [1.29, 1.82) is 0 Å². The third-order valence-electron chi connectivity index (χ3n) is 4.84. The smallest absolute Gasteiger partial charge is 0.409 e. The highest BCUT2D eigenvalue weighted by molar-refractivity contribution is 6.02. The van der Waals surface area contributed by atoms with Gasteiger partial charge in [0.15, 0.2) is 12.4 Å². The second-order valence-electron chi connectivity index (χ2n) is 7.11. The van der Waals surface area contributed by atoms with Crippen LogP contribution in [0.1, 0.15) is 40.7 Å². The topological polar surface area (TPSA) is 127 Å². The summed E-state index contributed by atoms with van der Waals surface area (Å²) >= 11 is 0. The standard InChI is InChI=1S/C22H25N3O7/c1-2-30-22(29)25-11-9-17(10-12-25)23-19(26)14-32-21(28)15-5-7-16(8-6-15)24-20(27)18-4-3-13-31-18/h3-8,13,17H,2,9-12,14H2,1H3,(H,23,26)(H,24,27). The van der Waals surface area contributed by atoms with Gasteiger partial charge in [0.2, 0.25) is 0 Å². The molecule has 0 aliphatic carbocycles. The molecule has 1 aliphatic heterocycles. The normalized spacial score (nSPS) is 13.8. The second-order valence-corrected chi connectivity index (χ2v) is 7.11. The first-order valence-corrected chi connectivity index (χ1v) is 10.3. The van der Waals surface area contributed by atoms with E-state index in [1.54, 1.807) is 30.0 Å². The van der Waals surface area contributed by atoms with Gasteiger partial charge in [0.05, 0.1) is 18.4 Å². The third-order valence-corrected chi connectivity index (χ3v) is 4.84. The van der Waals surface area contributed by atoms with E-state index < -0.39 is 24.4 Å². The molecule has 0 saturated carbocycles. The van der Waals surface area contributed by atoms with Crippen molar-refractivity contribution in [1.82, 2.24) is 10.2 Å². The van der Waals surface area contributed by atoms with Gasteiger partial charge in [0.25, 0.3) is 11.8 Å². The molecule has 1 aromatic heterocycles. The summed E-state index contributed by atoms with van der Waals surface area (Å²) in [4.78, 5) is 49.5. The zero-order chi connectivity index (χ0) is 22.9. The van der Waals surface area contributed by atoms with Gasteiger partial charge in [0, 0.05) is 24.8 Å². The Kier molecular flexibility index (Phi) is 7.85. The van der Waals surface area contributed by atoms with E-state index in [1.165, 1.54) is 24.5 Å². The summed E-state index contributed by atoms with van der Waals surface area (Å²) in [5, 5.41) is 5.45. The number of likely N-dealkylation sites (tertiary alicyclic amines) is 1. The van der Waals surface area contributed by atoms with E-state index in [1.807, 2.05) is 0 Å². The van der Waals surface area contributed by atoms with E-state index in [9.17, 15) is 19.2 Å². The van der Waals surface area contributed by atoms with Gasteiger partial charge in [-0.05, 0) is 56.2 Å². The summed E-state index contributed by atoms with van der Waals surface area (Å²) in [6.45, 7) is 2.65. The Labute approximate surface area is 184 Å². The molecule has 1 aliphatic rings. The van der Waals surface area contributed by atoms with Crippen molar-refractivity contribution in [3.63, 3.8) is 0 Å². The number of nitrogens with one attached hydrogen (secondary N) is 2. The molecule has 0 spiro atoms. The molecule has 170 valence electrons. The summed E-state index contributed by atoms with van der Waals surface area (Å²) in [6, 6.07) is 9.13. The Hall–Kier alpha value is -3.82. The molecule has 0 bridgehead atoms. The molecule has 10 nitrogen and oxygen atoms in total. The minimum Gasteiger partial charge on any atom is -0.459 e. The van der Waals surface area contributed by atoms with Crippen LogP contribution in [0.25, 0.3) is 0 Å². The van der Waals surface area contributed by atoms with Crippen molar-refractivity contribution in [2.75, 3.05) is 31.6 Å². The van der Waals surface area contributed by atoms with Gasteiger partial charge >= 0.3 is 12.1 Å². The fourth-order valence-corrected chi connectivity index (χ4v) is 3.20. The molecule has 1 fully saturated rings. The van der Waals surface area contributed by atoms with Crippen molar-refractivity contribution < 1.29 is 33.1 Å². The fourth-order valence-electron chi connectivity index (χ4n) is 3.20. The molecule has 2 N–H and O–H groups in total. The van der Waals surface area contributed by atoms with Gasteiger partial charge in [-0.3, -0.25) is 9.59 Å². The molecule has 0 atom stereocenters. The van der Waals surface area contributed by atoms with Gasteiger partial charge < -0.3 is 29.4 Å². The Balaban J connectivity index is 1.39. The lowest BCUT2D eigenvalue weighted by Crippen LogP contribution is -2.47. The van der Waals surface area contributed by atoms with Crippen LogP contribution in [0.5, 0.6) is 0 Å². The summed E-state index contributed by atoms with van der Waals surface area (Å²) in [7, 11) is 0. The summed E-state index contributed by atoms with van der Waals surface area (Å²) in [5.41, 5.74) is 0.728. The Morgan fingerprint density at radius 2 is 1.78 bits per heavy atom. The van der Waals surface area contributed by atoms with Crippen LogP contribution in [0, 0.1) is 0 Å². The van der Waals surface area contributed by atoms with Crippen LogP contribution in [0.15, 0.2) is 47.1 Å². The number of nitrogens with zero attached hydrogens (tertiary/aromatic N) is 1. The zero-order valence-corrected chi connectivity index (χ0v) is 17.7. The van der Waals surface area contributed by atoms with E-state index in [-0.39, 0.29) is 23.5 Å². The van der Waals surface area contributed by atoms with E-state index in [0.717, 1.165) is 0 Å². The first kappa shape index (κ1) is 22.9. The van der Waals surface area contributed by atoms with Crippen LogP contribution < -0.4 is 10.6 Å². The zero-order valence-electron chi connectivity index (χ0n) is 17.7.